The lowest BCUT2D eigenvalue weighted by Gasteiger charge is -1.72. The Morgan fingerprint density at radius 2 is 2.00 bits per heavy atom. The van der Waals surface area contributed by atoms with Crippen molar-refractivity contribution in [1.29, 1.82) is 0 Å². The summed E-state index contributed by atoms with van der Waals surface area (Å²) >= 11 is 0. The summed E-state index contributed by atoms with van der Waals surface area (Å²) < 4.78 is 0. The molecule has 5 heavy (non-hydrogen) atoms. The van der Waals surface area contributed by atoms with Crippen molar-refractivity contribution in [3.63, 3.8) is 0 Å². The Morgan fingerprint density at radius 1 is 1.80 bits per heavy atom. The highest BCUT2D eigenvalue weighted by Gasteiger charge is 1.68. The maximum absolute atomic E-state index is 8.41. The van der Waals surface area contributed by atoms with Crippen molar-refractivity contribution in [3.8, 4) is 0 Å². The fourth-order valence-electron chi connectivity index (χ4n) is 0. The maximum Gasteiger partial charge on any atom is 0.220 e. The first-order valence-corrected chi connectivity index (χ1v) is 3.61. The van der Waals surface area contributed by atoms with E-state index < -0.39 is 8.65 Å². The summed E-state index contributed by atoms with van der Waals surface area (Å²) in [5, 5.41) is 0. The predicted molar refractivity (Wildman–Crippen MR) is 25.6 cm³/mol. The zero-order valence-corrected chi connectivity index (χ0v) is 4.52. The first-order valence-electron chi connectivity index (χ1n) is 1.59. The molecule has 0 aliphatic heterocycles. The molecule has 1 nitrogen and oxygen atoms in total. The van der Waals surface area contributed by atoms with Gasteiger partial charge >= 0.3 is 0 Å². The molecule has 0 atom stereocenters. The van der Waals surface area contributed by atoms with Gasteiger partial charge in [-0.25, -0.2) is 0 Å². The van der Waals surface area contributed by atoms with Gasteiger partial charge in [-0.3, -0.25) is 0 Å². The lowest BCUT2D eigenvalue weighted by Crippen LogP contribution is -1.91. The predicted octanol–water partition coefficient (Wildman–Crippen LogP) is 0.00380. The van der Waals surface area contributed by atoms with Crippen LogP contribution < -0.4 is 0 Å². The highest BCUT2D eigenvalue weighted by Crippen LogP contribution is 1.48. The smallest absolute Gasteiger partial charge is 0.220 e. The molecular formula is C3H8OSi. The molecule has 30 valence electrons. The zero-order valence-electron chi connectivity index (χ0n) is 3.52. The van der Waals surface area contributed by atoms with Crippen LogP contribution in [0.1, 0.15) is 6.92 Å². The van der Waals surface area contributed by atoms with Gasteiger partial charge in [0.05, 0.1) is 0 Å². The van der Waals surface area contributed by atoms with Crippen LogP contribution in [-0.4, -0.2) is 19.1 Å². The van der Waals surface area contributed by atoms with E-state index in [1.165, 1.54) is 0 Å². The Bertz CT molecular complexity index is 44.9. The van der Waals surface area contributed by atoms with Gasteiger partial charge in [-0.15, -0.1) is 0 Å². The molecule has 0 aliphatic rings. The molecule has 2 heteroatoms. The first-order chi connectivity index (χ1) is 2.27. The summed E-state index contributed by atoms with van der Waals surface area (Å²) in [5.41, 5.74) is 1.82. The zero-order chi connectivity index (χ0) is 4.28. The van der Waals surface area contributed by atoms with E-state index in [2.05, 4.69) is 0 Å². The van der Waals surface area contributed by atoms with Gasteiger partial charge in [0.1, 0.15) is 0 Å². The molecule has 0 aromatic carbocycles. The number of rotatable bonds is 0. The van der Waals surface area contributed by atoms with Crippen molar-refractivity contribution in [2.75, 3.05) is 0 Å². The largest absolute Gasteiger partial charge is 0.566 e. The molecule has 0 saturated carbocycles. The fraction of sp³-hybridized carbons (Fsp3) is 0.667. The summed E-state index contributed by atoms with van der Waals surface area (Å²) in [7, 11) is -0.999. The number of hydrogen-bond acceptors (Lipinski definition) is 1. The van der Waals surface area contributed by atoms with Crippen LogP contribution in [0, 0.1) is 0 Å². The lowest BCUT2D eigenvalue weighted by molar-refractivity contribution is 0.604. The van der Waals surface area contributed by atoms with Crippen LogP contribution in [0.5, 0.6) is 0 Å². The van der Waals surface area contributed by atoms with Crippen molar-refractivity contribution in [2.45, 2.75) is 13.5 Å². The standard InChI is InChI=1S/C3H8OSi/c1-3-5(2)4/h3-4H,1-2H3/b5-3-. The Labute approximate surface area is 33.6 Å². The van der Waals surface area contributed by atoms with Crippen LogP contribution in [0.2, 0.25) is 6.55 Å². The molecule has 0 saturated heterocycles. The van der Waals surface area contributed by atoms with E-state index in [9.17, 15) is 0 Å². The van der Waals surface area contributed by atoms with E-state index in [-0.39, 0.29) is 0 Å². The fourth-order valence-corrected chi connectivity index (χ4v) is 0. The summed E-state index contributed by atoms with van der Waals surface area (Å²) in [6, 6.07) is 0. The molecule has 0 amide bonds. The van der Waals surface area contributed by atoms with Crippen LogP contribution in [0.25, 0.3) is 0 Å². The highest BCUT2D eigenvalue weighted by atomic mass is 28.3. The third-order valence-electron chi connectivity index (χ3n) is 0.418. The Balaban J connectivity index is 3.14. The normalized spacial score (nSPS) is 12.0. The monoisotopic (exact) mass is 88.0 g/mol. The van der Waals surface area contributed by atoms with Gasteiger partial charge in [0.2, 0.25) is 8.65 Å². The van der Waals surface area contributed by atoms with Gasteiger partial charge < -0.3 is 4.80 Å². The average Bonchev–Trinajstić information content (AvgIpc) is 1.38. The molecule has 0 rings (SSSR count). The van der Waals surface area contributed by atoms with Gasteiger partial charge in [-0.2, -0.15) is 0 Å². The van der Waals surface area contributed by atoms with Crippen LogP contribution in [0.3, 0.4) is 0 Å². The van der Waals surface area contributed by atoms with E-state index in [4.69, 9.17) is 4.80 Å². The van der Waals surface area contributed by atoms with Crippen molar-refractivity contribution in [2.24, 2.45) is 0 Å². The molecule has 1 N–H and O–H groups in total. The van der Waals surface area contributed by atoms with Crippen molar-refractivity contribution < 1.29 is 4.80 Å². The summed E-state index contributed by atoms with van der Waals surface area (Å²) in [5.74, 6) is 0. The van der Waals surface area contributed by atoms with E-state index in [1.54, 1.807) is 0 Å². The summed E-state index contributed by atoms with van der Waals surface area (Å²) in [6.07, 6.45) is 0. The average molecular weight is 88.2 g/mol. The van der Waals surface area contributed by atoms with Crippen molar-refractivity contribution >= 4 is 14.3 Å². The second-order valence-electron chi connectivity index (χ2n) is 0.930. The Kier molecular flexibility index (Phi) is 2.10. The van der Waals surface area contributed by atoms with Crippen molar-refractivity contribution in [3.05, 3.63) is 0 Å². The molecule has 0 fully saturated rings. The van der Waals surface area contributed by atoms with Gasteiger partial charge in [-0.1, -0.05) is 5.67 Å². The second kappa shape index (κ2) is 2.14. The van der Waals surface area contributed by atoms with Crippen molar-refractivity contribution in [1.82, 2.24) is 0 Å². The third kappa shape index (κ3) is 3.89. The molecule has 0 bridgehead atoms. The van der Waals surface area contributed by atoms with E-state index in [0.717, 1.165) is 0 Å². The molecule has 0 spiro atoms. The van der Waals surface area contributed by atoms with Crippen LogP contribution in [-0.2, 0) is 0 Å². The SMILES string of the molecule is C/C=[Si](/C)O. The van der Waals surface area contributed by atoms with Gasteiger partial charge in [-0.05, 0) is 13.5 Å². The second-order valence-corrected chi connectivity index (χ2v) is 2.79. The molecular weight excluding hydrogens is 80.1 g/mol. The molecule has 0 heterocycles. The summed E-state index contributed by atoms with van der Waals surface area (Å²) in [6.45, 7) is 3.69. The molecule has 0 radical (unpaired) electrons. The van der Waals surface area contributed by atoms with Crippen LogP contribution >= 0.6 is 0 Å². The maximum atomic E-state index is 8.41. The molecule has 0 unspecified atom stereocenters. The Hall–Kier alpha value is -0.113. The van der Waals surface area contributed by atoms with Gasteiger partial charge in [0.15, 0.2) is 0 Å². The van der Waals surface area contributed by atoms with Gasteiger partial charge in [0, 0.05) is 0 Å². The van der Waals surface area contributed by atoms with E-state index in [1.807, 2.05) is 19.1 Å². The van der Waals surface area contributed by atoms with Crippen LogP contribution in [0.15, 0.2) is 0 Å². The third-order valence-corrected chi connectivity index (χ3v) is 1.25. The Morgan fingerprint density at radius 3 is 2.00 bits per heavy atom. The highest BCUT2D eigenvalue weighted by molar-refractivity contribution is 6.57. The van der Waals surface area contributed by atoms with Crippen LogP contribution in [0.4, 0.5) is 0 Å². The minimum absolute atomic E-state index is 0.999. The van der Waals surface area contributed by atoms with E-state index in [0.29, 0.717) is 0 Å². The topological polar surface area (TPSA) is 20.2 Å². The van der Waals surface area contributed by atoms with E-state index >= 15 is 0 Å². The quantitative estimate of drug-likeness (QED) is 0.413. The number of hydrogen-bond donors (Lipinski definition) is 1. The molecule has 0 aliphatic carbocycles. The minimum atomic E-state index is -0.999. The molecule has 0 aromatic heterocycles. The molecule has 0 aromatic rings. The first kappa shape index (κ1) is 4.89. The summed E-state index contributed by atoms with van der Waals surface area (Å²) in [4.78, 5) is 8.41. The lowest BCUT2D eigenvalue weighted by atomic mass is 11.0. The van der Waals surface area contributed by atoms with Gasteiger partial charge in [0.25, 0.3) is 0 Å². The minimum Gasteiger partial charge on any atom is -0.566 e.